The summed E-state index contributed by atoms with van der Waals surface area (Å²) in [6.07, 6.45) is -2.30. The van der Waals surface area contributed by atoms with E-state index in [1.54, 1.807) is 33.8 Å². The van der Waals surface area contributed by atoms with Crippen molar-refractivity contribution >= 4 is 23.8 Å². The van der Waals surface area contributed by atoms with Crippen LogP contribution < -0.4 is 24.6 Å². The molecule has 1 saturated heterocycles. The van der Waals surface area contributed by atoms with Crippen LogP contribution in [0.2, 0.25) is 0 Å². The van der Waals surface area contributed by atoms with E-state index in [0.717, 1.165) is 0 Å². The zero-order valence-electron chi connectivity index (χ0n) is 21.1. The number of alkyl halides is 3. The number of nitrogens with zero attached hydrogens (tertiary/aromatic N) is 5. The Labute approximate surface area is 211 Å². The maximum absolute atomic E-state index is 12.9. The Kier molecular flexibility index (Phi) is 8.28. The molecule has 0 saturated carbocycles. The van der Waals surface area contributed by atoms with Crippen LogP contribution in [0, 0.1) is 0 Å². The molecule has 2 aromatic rings. The van der Waals surface area contributed by atoms with Crippen LogP contribution >= 0.6 is 0 Å². The van der Waals surface area contributed by atoms with E-state index in [9.17, 15) is 22.8 Å². The number of piperazine rings is 1. The number of hydrogen-bond donors (Lipinski definition) is 1. The van der Waals surface area contributed by atoms with Gasteiger partial charge in [-0.05, 0) is 27.7 Å². The quantitative estimate of drug-likeness (QED) is 0.581. The van der Waals surface area contributed by atoms with Gasteiger partial charge in [-0.1, -0.05) is 0 Å². The van der Waals surface area contributed by atoms with Crippen LogP contribution in [0.1, 0.15) is 33.3 Å². The van der Waals surface area contributed by atoms with E-state index in [0.29, 0.717) is 18.1 Å². The van der Waals surface area contributed by atoms with Gasteiger partial charge in [-0.3, -0.25) is 9.69 Å². The number of nitrogens with one attached hydrogen (secondary N) is 1. The first-order chi connectivity index (χ1) is 17.3. The third kappa shape index (κ3) is 7.33. The summed E-state index contributed by atoms with van der Waals surface area (Å²) in [5, 5.41) is 2.67. The zero-order chi connectivity index (χ0) is 27.4. The molecule has 1 atom stereocenters. The number of rotatable bonds is 7. The summed E-state index contributed by atoms with van der Waals surface area (Å²) in [5.74, 6) is 0.402. The first kappa shape index (κ1) is 27.7. The van der Waals surface area contributed by atoms with Crippen LogP contribution in [-0.2, 0) is 15.7 Å². The van der Waals surface area contributed by atoms with Crippen molar-refractivity contribution in [2.75, 3.05) is 43.2 Å². The topological polar surface area (TPSA) is 119 Å². The predicted molar refractivity (Wildman–Crippen MR) is 127 cm³/mol. The Morgan fingerprint density at radius 1 is 1.16 bits per heavy atom. The maximum atomic E-state index is 12.9. The number of carbonyl (C=O) groups excluding carboxylic acids is 2. The largest absolute Gasteiger partial charge is 0.490 e. The van der Waals surface area contributed by atoms with Crippen molar-refractivity contribution in [1.29, 1.82) is 0 Å². The molecule has 0 bridgehead atoms. The lowest BCUT2D eigenvalue weighted by Crippen LogP contribution is -2.51. The van der Waals surface area contributed by atoms with E-state index in [1.165, 1.54) is 23.1 Å². The van der Waals surface area contributed by atoms with Gasteiger partial charge in [0, 0.05) is 37.7 Å². The van der Waals surface area contributed by atoms with Gasteiger partial charge in [-0.25, -0.2) is 19.7 Å². The molecular weight excluding hydrogens is 497 g/mol. The number of alkyl carbamates (subject to hydrolysis) is 1. The third-order valence-electron chi connectivity index (χ3n) is 5.03. The molecule has 0 aliphatic carbocycles. The second-order valence-corrected chi connectivity index (χ2v) is 9.26. The molecule has 0 spiro atoms. The van der Waals surface area contributed by atoms with Crippen LogP contribution in [-0.4, -0.2) is 71.9 Å². The Morgan fingerprint density at radius 3 is 2.41 bits per heavy atom. The van der Waals surface area contributed by atoms with Crippen molar-refractivity contribution in [3.05, 3.63) is 30.2 Å². The van der Waals surface area contributed by atoms with Gasteiger partial charge >= 0.3 is 12.3 Å². The van der Waals surface area contributed by atoms with Gasteiger partial charge < -0.3 is 24.4 Å². The van der Waals surface area contributed by atoms with Gasteiger partial charge in [0.1, 0.15) is 18.8 Å². The van der Waals surface area contributed by atoms with Crippen LogP contribution in [0.25, 0.3) is 0 Å². The average molecular weight is 527 g/mol. The van der Waals surface area contributed by atoms with Crippen molar-refractivity contribution in [3.8, 4) is 11.5 Å². The van der Waals surface area contributed by atoms with Crippen molar-refractivity contribution in [2.24, 2.45) is 0 Å². The molecule has 202 valence electrons. The monoisotopic (exact) mass is 526 g/mol. The highest BCUT2D eigenvalue weighted by atomic mass is 19.4. The molecule has 2 aromatic heterocycles. The minimum absolute atomic E-state index is 0.0180. The molecule has 3 rings (SSSR count). The Balaban J connectivity index is 1.66. The number of aromatic nitrogens is 3. The maximum Gasteiger partial charge on any atom is 0.419 e. The molecule has 37 heavy (non-hydrogen) atoms. The van der Waals surface area contributed by atoms with Gasteiger partial charge in [0.25, 0.3) is 0 Å². The number of hydrogen-bond acceptors (Lipinski definition) is 9. The lowest BCUT2D eigenvalue weighted by Gasteiger charge is -2.34. The van der Waals surface area contributed by atoms with Crippen LogP contribution in [0.4, 0.5) is 29.7 Å². The molecule has 11 nitrogen and oxygen atoms in total. The van der Waals surface area contributed by atoms with E-state index >= 15 is 0 Å². The van der Waals surface area contributed by atoms with Gasteiger partial charge in [-0.2, -0.15) is 13.2 Å². The fourth-order valence-corrected chi connectivity index (χ4v) is 3.38. The number of amides is 2. The number of carbonyl (C=O) groups is 2. The molecule has 1 aliphatic rings. The molecule has 0 unspecified atom stereocenters. The van der Waals surface area contributed by atoms with E-state index in [1.807, 2.05) is 0 Å². The second kappa shape index (κ2) is 11.0. The van der Waals surface area contributed by atoms with E-state index in [-0.39, 0.29) is 49.7 Å². The Hall–Kier alpha value is -3.84. The zero-order valence-corrected chi connectivity index (χ0v) is 21.1. The number of methoxy groups -OCH3 is 1. The van der Waals surface area contributed by atoms with Crippen molar-refractivity contribution in [3.63, 3.8) is 0 Å². The molecule has 1 fully saturated rings. The average Bonchev–Trinajstić information content (AvgIpc) is 2.80. The third-order valence-corrected chi connectivity index (χ3v) is 5.03. The van der Waals surface area contributed by atoms with Gasteiger partial charge in [0.15, 0.2) is 11.6 Å². The summed E-state index contributed by atoms with van der Waals surface area (Å²) >= 11 is 0. The minimum atomic E-state index is -4.55. The molecular formula is C23H29F3N6O5. The standard InChI is InChI=1S/C23H29F3N6O5/c1-14(30-21(34)37-22(2,3)4)13-36-16-6-7-27-19(18(16)35-5)32-9-8-31(12-17(32)33)20-28-10-15(11-29-20)23(24,25)26/h6-7,10-11,14H,8-9,12-13H2,1-5H3,(H,30,34)/t14-/m0/s1. The highest BCUT2D eigenvalue weighted by Gasteiger charge is 2.33. The summed E-state index contributed by atoms with van der Waals surface area (Å²) < 4.78 is 54.8. The smallest absolute Gasteiger partial charge is 0.419 e. The van der Waals surface area contributed by atoms with Crippen LogP contribution in [0.5, 0.6) is 11.5 Å². The summed E-state index contributed by atoms with van der Waals surface area (Å²) in [4.78, 5) is 39.6. The van der Waals surface area contributed by atoms with Crippen molar-refractivity contribution < 1.29 is 37.0 Å². The van der Waals surface area contributed by atoms with Crippen LogP contribution in [0.3, 0.4) is 0 Å². The van der Waals surface area contributed by atoms with Crippen LogP contribution in [0.15, 0.2) is 24.7 Å². The number of ether oxygens (including phenoxy) is 3. The lowest BCUT2D eigenvalue weighted by atomic mass is 10.2. The first-order valence-corrected chi connectivity index (χ1v) is 11.4. The molecule has 1 N–H and O–H groups in total. The summed E-state index contributed by atoms with van der Waals surface area (Å²) in [7, 11) is 1.41. The van der Waals surface area contributed by atoms with Crippen molar-refractivity contribution in [2.45, 2.75) is 45.5 Å². The SMILES string of the molecule is COc1c(OC[C@H](C)NC(=O)OC(C)(C)C)ccnc1N1CCN(c2ncc(C(F)(F)F)cn2)CC1=O. The molecule has 1 aliphatic heterocycles. The predicted octanol–water partition coefficient (Wildman–Crippen LogP) is 3.04. The highest BCUT2D eigenvalue weighted by Crippen LogP contribution is 2.36. The van der Waals surface area contributed by atoms with Gasteiger partial charge in [-0.15, -0.1) is 0 Å². The van der Waals surface area contributed by atoms with Gasteiger partial charge in [0.05, 0.1) is 18.7 Å². The van der Waals surface area contributed by atoms with E-state index in [4.69, 9.17) is 14.2 Å². The summed E-state index contributed by atoms with van der Waals surface area (Å²) in [5.41, 5.74) is -1.61. The highest BCUT2D eigenvalue weighted by molar-refractivity contribution is 5.98. The molecule has 14 heteroatoms. The lowest BCUT2D eigenvalue weighted by molar-refractivity contribution is -0.138. The Bertz CT molecular complexity index is 1110. The Morgan fingerprint density at radius 2 is 1.84 bits per heavy atom. The summed E-state index contributed by atoms with van der Waals surface area (Å²) in [6, 6.07) is 1.17. The number of halogens is 3. The molecule has 2 amide bonds. The minimum Gasteiger partial charge on any atom is -0.490 e. The summed E-state index contributed by atoms with van der Waals surface area (Å²) in [6.45, 7) is 7.35. The molecule has 0 radical (unpaired) electrons. The fraction of sp³-hybridized carbons (Fsp3) is 0.522. The first-order valence-electron chi connectivity index (χ1n) is 11.4. The van der Waals surface area contributed by atoms with E-state index in [2.05, 4.69) is 20.3 Å². The number of anilines is 2. The second-order valence-electron chi connectivity index (χ2n) is 9.26. The molecule has 3 heterocycles. The normalized spacial score (nSPS) is 15.3. The molecule has 0 aromatic carbocycles. The fourth-order valence-electron chi connectivity index (χ4n) is 3.38. The van der Waals surface area contributed by atoms with E-state index < -0.39 is 29.5 Å². The van der Waals surface area contributed by atoms with Crippen molar-refractivity contribution in [1.82, 2.24) is 20.3 Å². The number of pyridine rings is 1. The van der Waals surface area contributed by atoms with Gasteiger partial charge in [0.2, 0.25) is 17.6 Å².